The summed E-state index contributed by atoms with van der Waals surface area (Å²) in [6.45, 7) is 7.88. The van der Waals surface area contributed by atoms with E-state index in [1.54, 1.807) is 5.56 Å². The molecule has 1 aromatic rings. The van der Waals surface area contributed by atoms with Gasteiger partial charge in [0.25, 0.3) is 0 Å². The number of hydrogen-bond acceptors (Lipinski definition) is 2. The van der Waals surface area contributed by atoms with Crippen molar-refractivity contribution in [1.29, 1.82) is 0 Å². The van der Waals surface area contributed by atoms with Crippen molar-refractivity contribution in [3.63, 3.8) is 0 Å². The first-order chi connectivity index (χ1) is 8.76. The van der Waals surface area contributed by atoms with E-state index >= 15 is 0 Å². The average molecular weight is 246 g/mol. The summed E-state index contributed by atoms with van der Waals surface area (Å²) in [5.74, 6) is 0.639. The molecule has 0 fully saturated rings. The molecule has 1 atom stereocenters. The molecule has 0 saturated heterocycles. The molecule has 18 heavy (non-hydrogen) atoms. The maximum Gasteiger partial charge on any atom is 0.0208 e. The minimum atomic E-state index is 0.639. The summed E-state index contributed by atoms with van der Waals surface area (Å²) in [5, 5.41) is 3.54. The lowest BCUT2D eigenvalue weighted by molar-refractivity contribution is 0.212. The Morgan fingerprint density at radius 2 is 2.00 bits per heavy atom. The van der Waals surface area contributed by atoms with Crippen LogP contribution in [0.25, 0.3) is 0 Å². The van der Waals surface area contributed by atoms with Crippen LogP contribution in [0.4, 0.5) is 0 Å². The van der Waals surface area contributed by atoms with Crippen LogP contribution < -0.4 is 5.32 Å². The molecular weight excluding hydrogens is 220 g/mol. The van der Waals surface area contributed by atoms with Crippen LogP contribution in [-0.4, -0.2) is 31.1 Å². The molecule has 2 rings (SSSR count). The third-order valence-electron chi connectivity index (χ3n) is 4.28. The minimum absolute atomic E-state index is 0.639. The lowest BCUT2D eigenvalue weighted by Gasteiger charge is -2.33. The predicted molar refractivity (Wildman–Crippen MR) is 77.9 cm³/mol. The summed E-state index contributed by atoms with van der Waals surface area (Å²) in [4.78, 5) is 2.54. The van der Waals surface area contributed by atoms with Gasteiger partial charge in [0.1, 0.15) is 0 Å². The molecule has 0 bridgehead atoms. The Labute approximate surface area is 111 Å². The summed E-state index contributed by atoms with van der Waals surface area (Å²) in [6, 6.07) is 9.61. The summed E-state index contributed by atoms with van der Waals surface area (Å²) < 4.78 is 0. The molecule has 0 aliphatic carbocycles. The topological polar surface area (TPSA) is 15.3 Å². The van der Waals surface area contributed by atoms with E-state index in [1.165, 1.54) is 18.4 Å². The van der Waals surface area contributed by atoms with Crippen LogP contribution in [0.15, 0.2) is 24.3 Å². The molecule has 0 radical (unpaired) electrons. The van der Waals surface area contributed by atoms with Gasteiger partial charge in [-0.25, -0.2) is 0 Å². The van der Waals surface area contributed by atoms with Crippen molar-refractivity contribution in [1.82, 2.24) is 10.2 Å². The van der Waals surface area contributed by atoms with Gasteiger partial charge in [-0.2, -0.15) is 0 Å². The Balaban J connectivity index is 2.07. The Morgan fingerprint density at radius 1 is 1.28 bits per heavy atom. The molecule has 0 aromatic heterocycles. The number of nitrogens with zero attached hydrogens (tertiary/aromatic N) is 1. The van der Waals surface area contributed by atoms with Crippen LogP contribution in [0.2, 0.25) is 0 Å². The van der Waals surface area contributed by atoms with Gasteiger partial charge in [0.05, 0.1) is 0 Å². The normalized spacial score (nSPS) is 19.3. The van der Waals surface area contributed by atoms with Gasteiger partial charge in [-0.3, -0.25) is 0 Å². The van der Waals surface area contributed by atoms with Crippen molar-refractivity contribution in [2.24, 2.45) is 0 Å². The molecule has 1 N–H and O–H groups in total. The van der Waals surface area contributed by atoms with Crippen LogP contribution in [-0.2, 0) is 6.54 Å². The molecule has 0 amide bonds. The average Bonchev–Trinajstić information content (AvgIpc) is 2.40. The molecule has 0 saturated carbocycles. The number of hydrogen-bond donors (Lipinski definition) is 1. The van der Waals surface area contributed by atoms with Gasteiger partial charge >= 0.3 is 0 Å². The summed E-state index contributed by atoms with van der Waals surface area (Å²) in [7, 11) is 2.27. The summed E-state index contributed by atoms with van der Waals surface area (Å²) in [5.41, 5.74) is 3.03. The highest BCUT2D eigenvalue weighted by molar-refractivity contribution is 5.32. The third-order valence-corrected chi connectivity index (χ3v) is 4.28. The van der Waals surface area contributed by atoms with Crippen molar-refractivity contribution in [2.75, 3.05) is 20.1 Å². The van der Waals surface area contributed by atoms with Gasteiger partial charge in [-0.15, -0.1) is 0 Å². The SMILES string of the molecule is CCC(CC)N(C)CC1CNCc2ccccc21. The second kappa shape index (κ2) is 6.35. The Bertz CT molecular complexity index is 371. The van der Waals surface area contributed by atoms with Crippen molar-refractivity contribution in [3.05, 3.63) is 35.4 Å². The largest absolute Gasteiger partial charge is 0.312 e. The molecule has 2 heteroatoms. The van der Waals surface area contributed by atoms with E-state index in [9.17, 15) is 0 Å². The first-order valence-corrected chi connectivity index (χ1v) is 7.25. The van der Waals surface area contributed by atoms with Crippen LogP contribution in [0.3, 0.4) is 0 Å². The first-order valence-electron chi connectivity index (χ1n) is 7.25. The Morgan fingerprint density at radius 3 is 2.72 bits per heavy atom. The Hall–Kier alpha value is -0.860. The van der Waals surface area contributed by atoms with Crippen molar-refractivity contribution in [3.8, 4) is 0 Å². The number of likely N-dealkylation sites (N-methyl/N-ethyl adjacent to an activating group) is 1. The van der Waals surface area contributed by atoms with Crippen LogP contribution in [0, 0.1) is 0 Å². The maximum absolute atomic E-state index is 3.54. The van der Waals surface area contributed by atoms with Gasteiger partial charge in [0.2, 0.25) is 0 Å². The van der Waals surface area contributed by atoms with E-state index in [0.29, 0.717) is 5.92 Å². The van der Waals surface area contributed by atoms with Crippen molar-refractivity contribution >= 4 is 0 Å². The third kappa shape index (κ3) is 2.93. The second-order valence-electron chi connectivity index (χ2n) is 5.44. The van der Waals surface area contributed by atoms with Crippen LogP contribution in [0.5, 0.6) is 0 Å². The van der Waals surface area contributed by atoms with Gasteiger partial charge < -0.3 is 10.2 Å². The highest BCUT2D eigenvalue weighted by atomic mass is 15.1. The smallest absolute Gasteiger partial charge is 0.0208 e. The first kappa shape index (κ1) is 13.6. The maximum atomic E-state index is 3.54. The lowest BCUT2D eigenvalue weighted by Crippen LogP contribution is -2.39. The fourth-order valence-electron chi connectivity index (χ4n) is 3.16. The molecule has 0 spiro atoms. The second-order valence-corrected chi connectivity index (χ2v) is 5.44. The van der Waals surface area contributed by atoms with E-state index in [1.807, 2.05) is 0 Å². The van der Waals surface area contributed by atoms with Crippen molar-refractivity contribution in [2.45, 2.75) is 45.2 Å². The van der Waals surface area contributed by atoms with E-state index < -0.39 is 0 Å². The van der Waals surface area contributed by atoms with Gasteiger partial charge in [0.15, 0.2) is 0 Å². The van der Waals surface area contributed by atoms with E-state index in [0.717, 1.165) is 25.7 Å². The fraction of sp³-hybridized carbons (Fsp3) is 0.625. The molecule has 1 heterocycles. The molecule has 1 aromatic carbocycles. The van der Waals surface area contributed by atoms with Crippen molar-refractivity contribution < 1.29 is 0 Å². The van der Waals surface area contributed by atoms with E-state index in [4.69, 9.17) is 0 Å². The number of nitrogens with one attached hydrogen (secondary N) is 1. The lowest BCUT2D eigenvalue weighted by atomic mass is 9.90. The van der Waals surface area contributed by atoms with Crippen LogP contribution in [0.1, 0.15) is 43.7 Å². The standard InChI is InChI=1S/C16H26N2/c1-4-15(5-2)18(3)12-14-11-17-10-13-8-6-7-9-16(13)14/h6-9,14-15,17H,4-5,10-12H2,1-3H3. The summed E-state index contributed by atoms with van der Waals surface area (Å²) >= 11 is 0. The molecule has 1 aliphatic heterocycles. The zero-order chi connectivity index (χ0) is 13.0. The van der Waals surface area contributed by atoms with Gasteiger partial charge in [0, 0.05) is 31.6 Å². The zero-order valence-corrected chi connectivity index (χ0v) is 11.9. The number of benzene rings is 1. The summed E-state index contributed by atoms with van der Waals surface area (Å²) in [6.07, 6.45) is 2.49. The highest BCUT2D eigenvalue weighted by Crippen LogP contribution is 2.25. The van der Waals surface area contributed by atoms with Crippen LogP contribution >= 0.6 is 0 Å². The number of rotatable bonds is 5. The molecular formula is C16H26N2. The fourth-order valence-corrected chi connectivity index (χ4v) is 3.16. The monoisotopic (exact) mass is 246 g/mol. The van der Waals surface area contributed by atoms with Gasteiger partial charge in [-0.05, 0) is 31.0 Å². The molecule has 2 nitrogen and oxygen atoms in total. The zero-order valence-electron chi connectivity index (χ0n) is 11.9. The highest BCUT2D eigenvalue weighted by Gasteiger charge is 2.22. The van der Waals surface area contributed by atoms with E-state index in [2.05, 4.69) is 55.4 Å². The molecule has 100 valence electrons. The molecule has 1 aliphatic rings. The Kier molecular flexibility index (Phi) is 4.79. The quantitative estimate of drug-likeness (QED) is 0.859. The minimum Gasteiger partial charge on any atom is -0.312 e. The predicted octanol–water partition coefficient (Wildman–Crippen LogP) is 2.99. The van der Waals surface area contributed by atoms with Gasteiger partial charge in [-0.1, -0.05) is 38.1 Å². The number of fused-ring (bicyclic) bond motifs is 1. The molecule has 1 unspecified atom stereocenters. The van der Waals surface area contributed by atoms with E-state index in [-0.39, 0.29) is 0 Å².